The van der Waals surface area contributed by atoms with Crippen LogP contribution >= 0.6 is 0 Å². The van der Waals surface area contributed by atoms with E-state index >= 15 is 0 Å². The summed E-state index contributed by atoms with van der Waals surface area (Å²) in [5.41, 5.74) is 0. The molecule has 0 aromatic carbocycles. The van der Waals surface area contributed by atoms with Gasteiger partial charge in [0.15, 0.2) is 0 Å². The molecule has 0 N–H and O–H groups in total. The van der Waals surface area contributed by atoms with Crippen molar-refractivity contribution in [1.29, 1.82) is 0 Å². The van der Waals surface area contributed by atoms with E-state index in [4.69, 9.17) is 0 Å². The first-order chi connectivity index (χ1) is 4.61. The van der Waals surface area contributed by atoms with Gasteiger partial charge in [-0.25, -0.2) is 0 Å². The summed E-state index contributed by atoms with van der Waals surface area (Å²) in [4.78, 5) is 4.33. The molecule has 0 amide bonds. The van der Waals surface area contributed by atoms with Crippen molar-refractivity contribution < 1.29 is 0 Å². The van der Waals surface area contributed by atoms with E-state index in [2.05, 4.69) is 34.4 Å². The van der Waals surface area contributed by atoms with Crippen LogP contribution in [0.25, 0.3) is 0 Å². The molecule has 0 fully saturated rings. The fourth-order valence-electron chi connectivity index (χ4n) is 0.806. The molecule has 0 atom stereocenters. The molecule has 0 radical (unpaired) electrons. The Kier molecular flexibility index (Phi) is 2.14. The predicted octanol–water partition coefficient (Wildman–Crippen LogP) is 1.63. The molecule has 0 bridgehead atoms. The molecule has 1 aromatic heterocycles. The standard InChI is InChI=1S/C8H13GeN/c1-9(2,3)8-6-4-5-7-10-8/h4-7H,1-3H3. The number of nitrogens with zero attached hydrogens (tertiary/aromatic N) is 1. The number of hydrogen-bond acceptors (Lipinski definition) is 1. The predicted molar refractivity (Wildman–Crippen MR) is 47.2 cm³/mol. The van der Waals surface area contributed by atoms with Crippen molar-refractivity contribution in [2.75, 3.05) is 0 Å². The van der Waals surface area contributed by atoms with E-state index < -0.39 is 13.3 Å². The SMILES string of the molecule is [CH3][Ge]([CH3])([CH3])[c]1ccccn1. The van der Waals surface area contributed by atoms with Crippen molar-refractivity contribution in [3.63, 3.8) is 0 Å². The van der Waals surface area contributed by atoms with Crippen LogP contribution in [0.5, 0.6) is 0 Å². The van der Waals surface area contributed by atoms with Gasteiger partial charge in [-0.3, -0.25) is 0 Å². The fraction of sp³-hybridized carbons (Fsp3) is 0.375. The second kappa shape index (κ2) is 2.74. The van der Waals surface area contributed by atoms with Gasteiger partial charge in [-0.15, -0.1) is 0 Å². The van der Waals surface area contributed by atoms with Crippen LogP contribution in [-0.4, -0.2) is 18.3 Å². The second-order valence-corrected chi connectivity index (χ2v) is 14.0. The molecule has 0 aliphatic heterocycles. The van der Waals surface area contributed by atoms with Gasteiger partial charge in [-0.05, 0) is 0 Å². The van der Waals surface area contributed by atoms with Crippen LogP contribution in [0, 0.1) is 0 Å². The third-order valence-electron chi connectivity index (χ3n) is 1.43. The quantitative estimate of drug-likeness (QED) is 0.621. The first-order valence-electron chi connectivity index (χ1n) is 3.52. The van der Waals surface area contributed by atoms with Crippen molar-refractivity contribution in [2.45, 2.75) is 17.3 Å². The maximum atomic E-state index is 4.33. The molecule has 0 spiro atoms. The third kappa shape index (κ3) is 1.84. The van der Waals surface area contributed by atoms with Crippen LogP contribution in [0.2, 0.25) is 17.3 Å². The van der Waals surface area contributed by atoms with Crippen molar-refractivity contribution >= 4 is 17.8 Å². The zero-order valence-corrected chi connectivity index (χ0v) is 8.85. The summed E-state index contributed by atoms with van der Waals surface area (Å²) in [6, 6.07) is 6.18. The average molecular weight is 196 g/mol. The Balaban J connectivity index is 2.97. The molecule has 0 aliphatic carbocycles. The Bertz CT molecular complexity index is 200. The van der Waals surface area contributed by atoms with Gasteiger partial charge >= 0.3 is 64.4 Å². The Morgan fingerprint density at radius 1 is 1.20 bits per heavy atom. The minimum absolute atomic E-state index is 1.34. The molecule has 1 aromatic rings. The molecule has 1 nitrogen and oxygen atoms in total. The maximum absolute atomic E-state index is 4.33. The van der Waals surface area contributed by atoms with Crippen LogP contribution in [0.3, 0.4) is 0 Å². The second-order valence-electron chi connectivity index (χ2n) is 3.46. The number of hydrogen-bond donors (Lipinski definition) is 0. The Morgan fingerprint density at radius 3 is 2.20 bits per heavy atom. The summed E-state index contributed by atoms with van der Waals surface area (Å²) in [5, 5.41) is 0. The number of aromatic nitrogens is 1. The van der Waals surface area contributed by atoms with Crippen LogP contribution in [0.15, 0.2) is 24.4 Å². The van der Waals surface area contributed by atoms with E-state index in [1.165, 1.54) is 4.53 Å². The van der Waals surface area contributed by atoms with Crippen molar-refractivity contribution in [1.82, 2.24) is 4.98 Å². The molecule has 0 unspecified atom stereocenters. The van der Waals surface area contributed by atoms with E-state index in [-0.39, 0.29) is 0 Å². The molecule has 1 rings (SSSR count). The Hall–Kier alpha value is -0.307. The minimum atomic E-state index is -1.61. The van der Waals surface area contributed by atoms with Gasteiger partial charge in [-0.1, -0.05) is 0 Å². The molecule has 0 saturated heterocycles. The van der Waals surface area contributed by atoms with Gasteiger partial charge in [0.2, 0.25) is 0 Å². The van der Waals surface area contributed by atoms with E-state index in [0.29, 0.717) is 0 Å². The summed E-state index contributed by atoms with van der Waals surface area (Å²) in [7, 11) is 0. The first kappa shape index (κ1) is 7.80. The summed E-state index contributed by atoms with van der Waals surface area (Å²) in [6.45, 7) is 0. The van der Waals surface area contributed by atoms with Gasteiger partial charge in [-0.2, -0.15) is 0 Å². The van der Waals surface area contributed by atoms with Gasteiger partial charge in [0.05, 0.1) is 0 Å². The molecule has 0 aliphatic rings. The normalized spacial score (nSPS) is 11.5. The molecular formula is C8H13GeN. The Morgan fingerprint density at radius 2 is 1.90 bits per heavy atom. The summed E-state index contributed by atoms with van der Waals surface area (Å²) in [6.07, 6.45) is 1.88. The van der Waals surface area contributed by atoms with Crippen LogP contribution < -0.4 is 4.53 Å². The van der Waals surface area contributed by atoms with Gasteiger partial charge < -0.3 is 0 Å². The topological polar surface area (TPSA) is 12.9 Å². The average Bonchev–Trinajstić information content (AvgIpc) is 1.88. The summed E-state index contributed by atoms with van der Waals surface area (Å²) in [5.74, 6) is 7.05. The molecular weight excluding hydrogens is 183 g/mol. The van der Waals surface area contributed by atoms with Crippen molar-refractivity contribution in [3.05, 3.63) is 24.4 Å². The zero-order valence-electron chi connectivity index (χ0n) is 6.76. The van der Waals surface area contributed by atoms with Crippen LogP contribution in [-0.2, 0) is 0 Å². The fourth-order valence-corrected chi connectivity index (χ4v) is 3.03. The van der Waals surface area contributed by atoms with Gasteiger partial charge in [0.1, 0.15) is 0 Å². The van der Waals surface area contributed by atoms with Crippen LogP contribution in [0.1, 0.15) is 0 Å². The monoisotopic (exact) mass is 197 g/mol. The Labute approximate surface area is 64.8 Å². The molecule has 1 heterocycles. The van der Waals surface area contributed by atoms with Gasteiger partial charge in [0, 0.05) is 0 Å². The summed E-state index contributed by atoms with van der Waals surface area (Å²) >= 11 is -1.61. The first-order valence-corrected chi connectivity index (χ1v) is 10.9. The van der Waals surface area contributed by atoms with Crippen LogP contribution in [0.4, 0.5) is 0 Å². The van der Waals surface area contributed by atoms with E-state index in [1.54, 1.807) is 0 Å². The van der Waals surface area contributed by atoms with Crippen molar-refractivity contribution in [2.24, 2.45) is 0 Å². The van der Waals surface area contributed by atoms with Gasteiger partial charge in [0.25, 0.3) is 0 Å². The van der Waals surface area contributed by atoms with E-state index in [0.717, 1.165) is 0 Å². The van der Waals surface area contributed by atoms with Crippen molar-refractivity contribution in [3.8, 4) is 0 Å². The number of pyridine rings is 1. The third-order valence-corrected chi connectivity index (χ3v) is 5.28. The number of rotatable bonds is 1. The molecule has 54 valence electrons. The molecule has 2 heteroatoms. The van der Waals surface area contributed by atoms with E-state index in [9.17, 15) is 0 Å². The molecule has 10 heavy (non-hydrogen) atoms. The molecule has 0 saturated carbocycles. The summed E-state index contributed by atoms with van der Waals surface area (Å²) < 4.78 is 1.34. The zero-order chi connectivity index (χ0) is 7.61. The van der Waals surface area contributed by atoms with E-state index in [1.807, 2.05) is 12.3 Å².